The fourth-order valence-corrected chi connectivity index (χ4v) is 3.17. The zero-order valence-electron chi connectivity index (χ0n) is 13.1. The molecule has 0 amide bonds. The second-order valence-electron chi connectivity index (χ2n) is 5.67. The molecule has 0 saturated carbocycles. The Morgan fingerprint density at radius 1 is 1.23 bits per heavy atom. The third-order valence-corrected chi connectivity index (χ3v) is 4.66. The van der Waals surface area contributed by atoms with Crippen LogP contribution in [0.4, 0.5) is 0 Å². The Bertz CT molecular complexity index is 734. The van der Waals surface area contributed by atoms with Crippen LogP contribution in [0.1, 0.15) is 30.5 Å². The number of nitrogens with one attached hydrogen (secondary N) is 2. The number of hydrogen-bond donors (Lipinski definition) is 2. The van der Waals surface area contributed by atoms with Crippen LogP contribution < -0.4 is 11.1 Å². The van der Waals surface area contributed by atoms with Gasteiger partial charge in [0, 0.05) is 6.04 Å². The third-order valence-electron chi connectivity index (χ3n) is 3.62. The highest BCUT2D eigenvalue weighted by Crippen LogP contribution is 2.23. The second-order valence-corrected chi connectivity index (χ2v) is 6.70. The number of halogens is 1. The van der Waals surface area contributed by atoms with Crippen LogP contribution in [0.2, 0.25) is 0 Å². The maximum absolute atomic E-state index is 4.57. The lowest BCUT2D eigenvalue weighted by Gasteiger charge is -2.22. The summed E-state index contributed by atoms with van der Waals surface area (Å²) >= 11 is 2.33. The summed E-state index contributed by atoms with van der Waals surface area (Å²) < 4.78 is 3.01. The first-order chi connectivity index (χ1) is 10.5. The average molecular weight is 410 g/mol. The highest BCUT2D eigenvalue weighted by Gasteiger charge is 2.26. The van der Waals surface area contributed by atoms with Gasteiger partial charge in [0.15, 0.2) is 5.84 Å². The van der Waals surface area contributed by atoms with Crippen LogP contribution in [0.5, 0.6) is 0 Å². The molecule has 0 unspecified atom stereocenters. The topological polar surface area (TPSA) is 57.5 Å². The van der Waals surface area contributed by atoms with E-state index in [1.165, 1.54) is 11.1 Å². The van der Waals surface area contributed by atoms with E-state index in [4.69, 9.17) is 0 Å². The number of hydrazone groups is 1. The Labute approximate surface area is 143 Å². The molecular weight excluding hydrogens is 391 g/mol. The summed E-state index contributed by atoms with van der Waals surface area (Å²) in [5.74, 6) is 0.857. The van der Waals surface area contributed by atoms with Gasteiger partial charge in [0.2, 0.25) is 0 Å². The molecular formula is C15H19IN6. The van der Waals surface area contributed by atoms with Gasteiger partial charge in [0.05, 0.1) is 17.4 Å². The normalized spacial score (nSPS) is 14.5. The lowest BCUT2D eigenvalue weighted by molar-refractivity contribution is 0.246. The smallest absolute Gasteiger partial charge is 0.177 e. The number of aromatic nitrogens is 2. The van der Waals surface area contributed by atoms with Gasteiger partial charge in [-0.3, -0.25) is 5.01 Å². The fourth-order valence-electron chi connectivity index (χ4n) is 2.40. The van der Waals surface area contributed by atoms with Crippen molar-refractivity contribution in [2.24, 2.45) is 5.10 Å². The Kier molecular flexibility index (Phi) is 4.09. The first kappa shape index (κ1) is 15.3. The predicted molar refractivity (Wildman–Crippen MR) is 95.5 cm³/mol. The number of aryl methyl sites for hydroxylation is 2. The SMILES string of the molecule is Cc1ccc(C)c(-n2ncc(C3=NNNN3C(C)C)c2I)c1. The van der Waals surface area contributed by atoms with Crippen LogP contribution in [-0.2, 0) is 0 Å². The molecule has 0 atom stereocenters. The molecule has 1 aromatic heterocycles. The average Bonchev–Trinajstić information content (AvgIpc) is 3.08. The first-order valence-corrected chi connectivity index (χ1v) is 8.26. The Balaban J connectivity index is 2.05. The molecule has 116 valence electrons. The van der Waals surface area contributed by atoms with E-state index in [0.717, 1.165) is 20.8 Å². The quantitative estimate of drug-likeness (QED) is 0.764. The van der Waals surface area contributed by atoms with Crippen LogP contribution in [0.25, 0.3) is 5.69 Å². The van der Waals surface area contributed by atoms with Crippen LogP contribution in [0.3, 0.4) is 0 Å². The van der Waals surface area contributed by atoms with Crippen molar-refractivity contribution in [1.29, 1.82) is 0 Å². The van der Waals surface area contributed by atoms with Gasteiger partial charge < -0.3 is 0 Å². The van der Waals surface area contributed by atoms with Crippen molar-refractivity contribution >= 4 is 28.4 Å². The van der Waals surface area contributed by atoms with Crippen LogP contribution >= 0.6 is 22.6 Å². The van der Waals surface area contributed by atoms with Crippen molar-refractivity contribution in [3.8, 4) is 5.69 Å². The molecule has 7 heteroatoms. The largest absolute Gasteiger partial charge is 0.268 e. The van der Waals surface area contributed by atoms with Crippen LogP contribution in [-0.4, -0.2) is 26.7 Å². The summed E-state index contributed by atoms with van der Waals surface area (Å²) in [5.41, 5.74) is 10.4. The standard InChI is InChI=1S/C15H19IN6/c1-9(2)21-15(18-19-20-21)12-8-17-22(14(12)16)13-7-10(3)5-6-11(13)4/h5-9,19-20H,1-4H3. The van der Waals surface area contributed by atoms with Crippen molar-refractivity contribution in [3.63, 3.8) is 0 Å². The number of amidine groups is 1. The van der Waals surface area contributed by atoms with Gasteiger partial charge in [0.1, 0.15) is 3.70 Å². The third kappa shape index (κ3) is 2.58. The highest BCUT2D eigenvalue weighted by molar-refractivity contribution is 14.1. The molecule has 1 aliphatic heterocycles. The second kappa shape index (κ2) is 5.88. The van der Waals surface area contributed by atoms with Gasteiger partial charge in [-0.15, -0.1) is 10.6 Å². The molecule has 0 saturated heterocycles. The van der Waals surface area contributed by atoms with Crippen molar-refractivity contribution < 1.29 is 0 Å². The summed E-state index contributed by atoms with van der Waals surface area (Å²) in [6.45, 7) is 8.41. The van der Waals surface area contributed by atoms with Gasteiger partial charge in [-0.25, -0.2) is 10.2 Å². The van der Waals surface area contributed by atoms with E-state index < -0.39 is 0 Å². The van der Waals surface area contributed by atoms with Gasteiger partial charge >= 0.3 is 0 Å². The minimum absolute atomic E-state index is 0.286. The van der Waals surface area contributed by atoms with E-state index in [9.17, 15) is 0 Å². The monoisotopic (exact) mass is 410 g/mol. The molecule has 0 bridgehead atoms. The molecule has 0 fully saturated rings. The molecule has 1 aliphatic rings. The molecule has 2 aromatic rings. The fraction of sp³-hybridized carbons (Fsp3) is 0.333. The maximum atomic E-state index is 4.57. The van der Waals surface area contributed by atoms with Gasteiger partial charge in [0.25, 0.3) is 0 Å². The van der Waals surface area contributed by atoms with E-state index >= 15 is 0 Å². The maximum Gasteiger partial charge on any atom is 0.177 e. The van der Waals surface area contributed by atoms with Crippen LogP contribution in [0, 0.1) is 17.5 Å². The lowest BCUT2D eigenvalue weighted by atomic mass is 10.1. The lowest BCUT2D eigenvalue weighted by Crippen LogP contribution is -2.45. The summed E-state index contributed by atoms with van der Waals surface area (Å²) in [4.78, 5) is 0. The molecule has 3 rings (SSSR count). The number of benzene rings is 1. The van der Waals surface area contributed by atoms with Gasteiger partial charge in [-0.2, -0.15) is 5.10 Å². The predicted octanol–water partition coefficient (Wildman–Crippen LogP) is 2.49. The molecule has 0 aliphatic carbocycles. The van der Waals surface area contributed by atoms with E-state index in [-0.39, 0.29) is 6.04 Å². The molecule has 22 heavy (non-hydrogen) atoms. The van der Waals surface area contributed by atoms with E-state index in [1.807, 2.05) is 15.9 Å². The zero-order valence-corrected chi connectivity index (χ0v) is 15.2. The molecule has 2 N–H and O–H groups in total. The minimum Gasteiger partial charge on any atom is -0.268 e. The summed E-state index contributed by atoms with van der Waals surface area (Å²) in [7, 11) is 0. The molecule has 2 heterocycles. The molecule has 6 nitrogen and oxygen atoms in total. The number of hydrazine groups is 2. The van der Waals surface area contributed by atoms with E-state index in [1.54, 1.807) is 0 Å². The summed E-state index contributed by atoms with van der Waals surface area (Å²) in [6, 6.07) is 6.68. The van der Waals surface area contributed by atoms with Crippen molar-refractivity contribution in [2.75, 3.05) is 0 Å². The van der Waals surface area contributed by atoms with Crippen LogP contribution in [0.15, 0.2) is 29.5 Å². The minimum atomic E-state index is 0.286. The molecule has 0 radical (unpaired) electrons. The van der Waals surface area contributed by atoms with Crippen molar-refractivity contribution in [2.45, 2.75) is 33.7 Å². The van der Waals surface area contributed by atoms with E-state index in [0.29, 0.717) is 0 Å². The van der Waals surface area contributed by atoms with Gasteiger partial charge in [-0.1, -0.05) is 12.1 Å². The van der Waals surface area contributed by atoms with Crippen molar-refractivity contribution in [1.82, 2.24) is 25.9 Å². The van der Waals surface area contributed by atoms with E-state index in [2.05, 4.69) is 89.8 Å². The summed E-state index contributed by atoms with van der Waals surface area (Å²) in [5, 5.41) is 10.9. The van der Waals surface area contributed by atoms with Crippen molar-refractivity contribution in [3.05, 3.63) is 44.8 Å². The number of rotatable bonds is 3. The summed E-state index contributed by atoms with van der Waals surface area (Å²) in [6.07, 6.45) is 1.87. The first-order valence-electron chi connectivity index (χ1n) is 7.18. The highest BCUT2D eigenvalue weighted by atomic mass is 127. The van der Waals surface area contributed by atoms with Gasteiger partial charge in [-0.05, 0) is 67.5 Å². The zero-order chi connectivity index (χ0) is 15.9. The Morgan fingerprint density at radius 2 is 2.00 bits per heavy atom. The number of hydrogen-bond acceptors (Lipinski definition) is 5. The molecule has 0 spiro atoms. The molecule has 1 aromatic carbocycles. The Morgan fingerprint density at radius 3 is 2.73 bits per heavy atom. The Hall–Kier alpha value is -1.61. The number of nitrogens with zero attached hydrogens (tertiary/aromatic N) is 4.